The summed E-state index contributed by atoms with van der Waals surface area (Å²) in [5.41, 5.74) is 1.03. The van der Waals surface area contributed by atoms with Gasteiger partial charge in [0.05, 0.1) is 11.9 Å². The summed E-state index contributed by atoms with van der Waals surface area (Å²) >= 11 is 6.34. The average molecular weight is 540 g/mol. The summed E-state index contributed by atoms with van der Waals surface area (Å²) in [6, 6.07) is 11.6. The second-order valence-electron chi connectivity index (χ2n) is 9.09. The standard InChI is InChI=1S/C26H35ClFN3O4S/c1-5-24(26(33)29-17-19(2)3)30(18-20-9-6-7-10-23(20)27)25(32)11-8-16-31(36(4,34)35)22-14-12-21(28)13-15-22/h6-7,9-10,12-15,19,24H,5,8,11,16-18H2,1-4H3,(H,29,33)/t24-/m0/s1. The molecule has 198 valence electrons. The Balaban J connectivity index is 2.21. The molecule has 0 aliphatic carbocycles. The van der Waals surface area contributed by atoms with E-state index in [1.165, 1.54) is 29.2 Å². The number of rotatable bonds is 13. The molecule has 0 aliphatic heterocycles. The van der Waals surface area contributed by atoms with E-state index in [1.54, 1.807) is 18.2 Å². The van der Waals surface area contributed by atoms with Crippen LogP contribution in [0.25, 0.3) is 0 Å². The lowest BCUT2D eigenvalue weighted by molar-refractivity contribution is -0.141. The normalized spacial score (nSPS) is 12.3. The van der Waals surface area contributed by atoms with E-state index in [2.05, 4.69) is 5.32 Å². The van der Waals surface area contributed by atoms with Crippen molar-refractivity contribution in [3.63, 3.8) is 0 Å². The van der Waals surface area contributed by atoms with Gasteiger partial charge in [-0.15, -0.1) is 0 Å². The van der Waals surface area contributed by atoms with Gasteiger partial charge in [0.2, 0.25) is 21.8 Å². The summed E-state index contributed by atoms with van der Waals surface area (Å²) in [5.74, 6) is -0.740. The van der Waals surface area contributed by atoms with Gasteiger partial charge in [0.15, 0.2) is 0 Å². The van der Waals surface area contributed by atoms with Gasteiger partial charge < -0.3 is 10.2 Å². The summed E-state index contributed by atoms with van der Waals surface area (Å²) in [6.07, 6.45) is 1.71. The first-order valence-corrected chi connectivity index (χ1v) is 14.2. The minimum Gasteiger partial charge on any atom is -0.354 e. The fourth-order valence-electron chi connectivity index (χ4n) is 3.76. The van der Waals surface area contributed by atoms with Gasteiger partial charge in [-0.2, -0.15) is 0 Å². The Morgan fingerprint density at radius 3 is 2.28 bits per heavy atom. The van der Waals surface area contributed by atoms with Crippen molar-refractivity contribution in [1.29, 1.82) is 0 Å². The molecule has 1 N–H and O–H groups in total. The van der Waals surface area contributed by atoms with Crippen molar-refractivity contribution >= 4 is 39.1 Å². The van der Waals surface area contributed by atoms with Crippen LogP contribution >= 0.6 is 11.6 Å². The fourth-order valence-corrected chi connectivity index (χ4v) is 4.92. The zero-order valence-corrected chi connectivity index (χ0v) is 22.8. The predicted molar refractivity (Wildman–Crippen MR) is 142 cm³/mol. The molecule has 0 unspecified atom stereocenters. The zero-order chi connectivity index (χ0) is 26.9. The van der Waals surface area contributed by atoms with E-state index in [1.807, 2.05) is 26.8 Å². The van der Waals surface area contributed by atoms with Crippen LogP contribution in [0.15, 0.2) is 48.5 Å². The molecule has 0 spiro atoms. The first-order valence-electron chi connectivity index (χ1n) is 12.0. The quantitative estimate of drug-likeness (QED) is 0.403. The van der Waals surface area contributed by atoms with Gasteiger partial charge in [-0.1, -0.05) is 50.6 Å². The van der Waals surface area contributed by atoms with Gasteiger partial charge in [-0.05, 0) is 54.7 Å². The average Bonchev–Trinajstić information content (AvgIpc) is 2.81. The lowest BCUT2D eigenvalue weighted by Crippen LogP contribution is -2.49. The van der Waals surface area contributed by atoms with Gasteiger partial charge in [0, 0.05) is 31.1 Å². The molecule has 7 nitrogen and oxygen atoms in total. The molecule has 0 fully saturated rings. The van der Waals surface area contributed by atoms with Crippen LogP contribution < -0.4 is 9.62 Å². The van der Waals surface area contributed by atoms with E-state index in [-0.39, 0.29) is 43.7 Å². The third-order valence-corrected chi connectivity index (χ3v) is 7.20. The van der Waals surface area contributed by atoms with Crippen molar-refractivity contribution in [3.05, 3.63) is 64.9 Å². The molecule has 0 heterocycles. The molecule has 2 aromatic rings. The predicted octanol–water partition coefficient (Wildman–Crippen LogP) is 4.60. The number of hydrogen-bond acceptors (Lipinski definition) is 4. The van der Waals surface area contributed by atoms with Crippen molar-refractivity contribution in [3.8, 4) is 0 Å². The number of nitrogens with one attached hydrogen (secondary N) is 1. The van der Waals surface area contributed by atoms with E-state index >= 15 is 0 Å². The van der Waals surface area contributed by atoms with Crippen molar-refractivity contribution in [1.82, 2.24) is 10.2 Å². The smallest absolute Gasteiger partial charge is 0.242 e. The summed E-state index contributed by atoms with van der Waals surface area (Å²) in [7, 11) is -3.65. The molecule has 2 rings (SSSR count). The number of carbonyl (C=O) groups excluding carboxylic acids is 2. The molecule has 36 heavy (non-hydrogen) atoms. The van der Waals surface area contributed by atoms with Gasteiger partial charge in [-0.3, -0.25) is 13.9 Å². The highest BCUT2D eigenvalue weighted by Gasteiger charge is 2.29. The Hall–Kier alpha value is -2.65. The van der Waals surface area contributed by atoms with Crippen molar-refractivity contribution in [2.75, 3.05) is 23.7 Å². The highest BCUT2D eigenvalue weighted by Crippen LogP contribution is 2.22. The molecule has 0 bridgehead atoms. The molecule has 0 saturated heterocycles. The minimum atomic E-state index is -3.65. The van der Waals surface area contributed by atoms with Crippen LogP contribution in [0.3, 0.4) is 0 Å². The molecule has 0 radical (unpaired) electrons. The number of anilines is 1. The van der Waals surface area contributed by atoms with E-state index < -0.39 is 21.9 Å². The fraction of sp³-hybridized carbons (Fsp3) is 0.462. The van der Waals surface area contributed by atoms with Gasteiger partial charge >= 0.3 is 0 Å². The van der Waals surface area contributed by atoms with E-state index in [0.717, 1.165) is 10.6 Å². The van der Waals surface area contributed by atoms with Crippen LogP contribution in [0.1, 0.15) is 45.6 Å². The van der Waals surface area contributed by atoms with Gasteiger partial charge in [0.1, 0.15) is 11.9 Å². The maximum Gasteiger partial charge on any atom is 0.242 e. The largest absolute Gasteiger partial charge is 0.354 e. The summed E-state index contributed by atoms with van der Waals surface area (Å²) in [4.78, 5) is 27.9. The number of carbonyl (C=O) groups is 2. The monoisotopic (exact) mass is 539 g/mol. The van der Waals surface area contributed by atoms with Crippen LogP contribution in [0, 0.1) is 11.7 Å². The molecule has 2 aromatic carbocycles. The van der Waals surface area contributed by atoms with Crippen LogP contribution in [0.2, 0.25) is 5.02 Å². The highest BCUT2D eigenvalue weighted by atomic mass is 35.5. The molecule has 0 saturated carbocycles. The third kappa shape index (κ3) is 8.78. The molecule has 0 aliphatic rings. The summed E-state index contributed by atoms with van der Waals surface area (Å²) in [6.45, 7) is 6.49. The van der Waals surface area contributed by atoms with E-state index in [4.69, 9.17) is 11.6 Å². The molecular weight excluding hydrogens is 505 g/mol. The Bertz CT molecular complexity index is 1130. The number of hydrogen-bond donors (Lipinski definition) is 1. The van der Waals surface area contributed by atoms with Gasteiger partial charge in [0.25, 0.3) is 0 Å². The topological polar surface area (TPSA) is 86.8 Å². The first kappa shape index (κ1) is 29.6. The molecule has 0 aromatic heterocycles. The van der Waals surface area contributed by atoms with E-state index in [9.17, 15) is 22.4 Å². The number of benzene rings is 2. The van der Waals surface area contributed by atoms with E-state index in [0.29, 0.717) is 29.2 Å². The maximum atomic E-state index is 13.4. The van der Waals surface area contributed by atoms with Crippen LogP contribution in [0.5, 0.6) is 0 Å². The number of nitrogens with zero attached hydrogens (tertiary/aromatic N) is 2. The lowest BCUT2D eigenvalue weighted by atomic mass is 10.1. The lowest BCUT2D eigenvalue weighted by Gasteiger charge is -2.31. The molecule has 1 atom stereocenters. The van der Waals surface area contributed by atoms with Crippen LogP contribution in [-0.4, -0.2) is 50.5 Å². The minimum absolute atomic E-state index is 0.0195. The third-order valence-electron chi connectivity index (χ3n) is 5.64. The SMILES string of the molecule is CC[C@@H](C(=O)NCC(C)C)N(Cc1ccccc1Cl)C(=O)CCCN(c1ccc(F)cc1)S(C)(=O)=O. The Kier molecular flexibility index (Phi) is 11.2. The Labute approximate surface area is 218 Å². The molecular formula is C26H35ClFN3O4S. The first-order chi connectivity index (χ1) is 16.9. The molecule has 10 heteroatoms. The Morgan fingerprint density at radius 2 is 1.72 bits per heavy atom. The zero-order valence-electron chi connectivity index (χ0n) is 21.2. The van der Waals surface area contributed by atoms with Crippen molar-refractivity contribution < 1.29 is 22.4 Å². The maximum absolute atomic E-state index is 13.4. The van der Waals surface area contributed by atoms with Crippen molar-refractivity contribution in [2.45, 2.75) is 52.6 Å². The van der Waals surface area contributed by atoms with Crippen LogP contribution in [0.4, 0.5) is 10.1 Å². The highest BCUT2D eigenvalue weighted by molar-refractivity contribution is 7.92. The Morgan fingerprint density at radius 1 is 1.08 bits per heavy atom. The molecule has 2 amide bonds. The number of sulfonamides is 1. The summed E-state index contributed by atoms with van der Waals surface area (Å²) < 4.78 is 39.1. The van der Waals surface area contributed by atoms with Crippen LogP contribution in [-0.2, 0) is 26.2 Å². The second kappa shape index (κ2) is 13.6. The van der Waals surface area contributed by atoms with Gasteiger partial charge in [-0.25, -0.2) is 12.8 Å². The second-order valence-corrected chi connectivity index (χ2v) is 11.4. The number of amides is 2. The van der Waals surface area contributed by atoms with Crippen molar-refractivity contribution in [2.24, 2.45) is 5.92 Å². The number of halogens is 2. The summed E-state index contributed by atoms with van der Waals surface area (Å²) in [5, 5.41) is 3.40.